The number of ether oxygens (including phenoxy) is 6. The number of nitrogens with zero attached hydrogens (tertiary/aromatic N) is 1. The van der Waals surface area contributed by atoms with Crippen molar-refractivity contribution in [1.82, 2.24) is 20.6 Å². The number of carbonyl (C=O) groups is 3. The Kier molecular flexibility index (Phi) is 14.9. The fourth-order valence-electron chi connectivity index (χ4n) is 8.55. The van der Waals surface area contributed by atoms with Gasteiger partial charge in [0.2, 0.25) is 0 Å². The Bertz CT molecular complexity index is 2490. The zero-order chi connectivity index (χ0) is 44.9. The van der Waals surface area contributed by atoms with Gasteiger partial charge in [0.25, 0.3) is 0 Å². The summed E-state index contributed by atoms with van der Waals surface area (Å²) in [5.41, 5.74) is 2.04. The van der Waals surface area contributed by atoms with Crippen LogP contribution in [0, 0.1) is 35.5 Å². The molecule has 0 saturated carbocycles. The first-order valence-corrected chi connectivity index (χ1v) is 23.5. The molecule has 0 spiro atoms. The number of fused-ring (bicyclic) bond motifs is 4. The number of aromatic amines is 1. The zero-order valence-corrected chi connectivity index (χ0v) is 37.5. The molecule has 4 heterocycles. The SMILES string of the molecule is COC(=O)NC1=C2C#C/C=C\C#C[C@H](OC3OC(C)C(C(=O)c4cncc5c4[nH]c4ccc(O)cc45)CC3OC3CC(OC)C(NC(C)C)CO3)C2/C(=C\CS(C)=S)[C@@H](O)CC1=O. The van der Waals surface area contributed by atoms with Crippen molar-refractivity contribution in [3.63, 3.8) is 0 Å². The summed E-state index contributed by atoms with van der Waals surface area (Å²) in [6.07, 6.45) is 2.72. The number of alkyl carbamates (subject to hydrolysis) is 1. The van der Waals surface area contributed by atoms with Crippen LogP contribution >= 0.6 is 0 Å². The fraction of sp³-hybridized carbons (Fsp3) is 0.478. The van der Waals surface area contributed by atoms with Crippen LogP contribution in [0.2, 0.25) is 0 Å². The van der Waals surface area contributed by atoms with Gasteiger partial charge in [-0.25, -0.2) is 4.79 Å². The molecule has 15 nitrogen and oxygen atoms in total. The molecule has 2 saturated heterocycles. The Labute approximate surface area is 372 Å². The van der Waals surface area contributed by atoms with Crippen LogP contribution in [0.25, 0.3) is 21.8 Å². The Morgan fingerprint density at radius 3 is 2.67 bits per heavy atom. The second-order valence-corrected chi connectivity index (χ2v) is 19.4. The summed E-state index contributed by atoms with van der Waals surface area (Å²) in [5, 5.41) is 29.4. The maximum Gasteiger partial charge on any atom is 0.411 e. The van der Waals surface area contributed by atoms with E-state index < -0.39 is 70.2 Å². The van der Waals surface area contributed by atoms with Crippen molar-refractivity contribution in [3.05, 3.63) is 71.2 Å². The number of methoxy groups -OCH3 is 2. The van der Waals surface area contributed by atoms with E-state index in [1.165, 1.54) is 25.5 Å². The number of carbonyl (C=O) groups excluding carboxylic acids is 3. The van der Waals surface area contributed by atoms with E-state index in [1.54, 1.807) is 44.5 Å². The van der Waals surface area contributed by atoms with E-state index in [4.69, 9.17) is 39.6 Å². The first-order valence-electron chi connectivity index (χ1n) is 20.7. The molecule has 0 radical (unpaired) electrons. The molecule has 3 aromatic rings. The van der Waals surface area contributed by atoms with Crippen molar-refractivity contribution >= 4 is 60.1 Å². The number of aliphatic hydroxyl groups is 1. The highest BCUT2D eigenvalue weighted by Crippen LogP contribution is 2.40. The molecule has 2 aliphatic heterocycles. The molecule has 1 aromatic carbocycles. The van der Waals surface area contributed by atoms with E-state index in [0.29, 0.717) is 34.2 Å². The molecule has 11 atom stereocenters. The van der Waals surface area contributed by atoms with E-state index in [9.17, 15) is 24.6 Å². The van der Waals surface area contributed by atoms with Gasteiger partial charge >= 0.3 is 6.09 Å². The number of Topliss-reactive ketones (excluding diaryl/α,β-unsaturated/α-hetero) is 2. The van der Waals surface area contributed by atoms with Crippen LogP contribution in [0.5, 0.6) is 5.75 Å². The fourth-order valence-corrected chi connectivity index (χ4v) is 9.18. The van der Waals surface area contributed by atoms with Gasteiger partial charge in [-0.1, -0.05) is 54.8 Å². The molecule has 334 valence electrons. The minimum Gasteiger partial charge on any atom is -0.508 e. The first-order chi connectivity index (χ1) is 30.3. The van der Waals surface area contributed by atoms with Gasteiger partial charge in [-0.15, -0.1) is 9.45 Å². The zero-order valence-electron chi connectivity index (χ0n) is 35.8. The van der Waals surface area contributed by atoms with Crippen LogP contribution in [0.1, 0.15) is 50.4 Å². The maximum atomic E-state index is 14.8. The number of phenolic OH excluding ortho intramolecular Hbond substituents is 1. The van der Waals surface area contributed by atoms with Crippen LogP contribution < -0.4 is 10.6 Å². The maximum absolute atomic E-state index is 14.8. The number of allylic oxidation sites excluding steroid dienone is 3. The lowest BCUT2D eigenvalue weighted by molar-refractivity contribution is -0.308. The number of ketones is 2. The third-order valence-corrected chi connectivity index (χ3v) is 12.6. The number of aromatic hydroxyl groups is 1. The van der Waals surface area contributed by atoms with E-state index >= 15 is 0 Å². The number of hydrogen-bond acceptors (Lipinski definition) is 14. The molecule has 7 rings (SSSR count). The van der Waals surface area contributed by atoms with E-state index in [2.05, 4.69) is 44.3 Å². The van der Waals surface area contributed by atoms with E-state index in [1.807, 2.05) is 20.1 Å². The van der Waals surface area contributed by atoms with Crippen LogP contribution in [0.4, 0.5) is 4.79 Å². The summed E-state index contributed by atoms with van der Waals surface area (Å²) in [7, 11) is 2.30. The number of nitrogens with one attached hydrogen (secondary N) is 3. The van der Waals surface area contributed by atoms with Crippen molar-refractivity contribution in [2.24, 2.45) is 11.8 Å². The molecule has 2 fully saturated rings. The highest BCUT2D eigenvalue weighted by atomic mass is 32.8. The molecule has 9 unspecified atom stereocenters. The molecule has 2 aliphatic carbocycles. The Morgan fingerprint density at radius 1 is 1.13 bits per heavy atom. The van der Waals surface area contributed by atoms with Crippen molar-refractivity contribution in [3.8, 4) is 29.4 Å². The van der Waals surface area contributed by atoms with Gasteiger partial charge < -0.3 is 48.9 Å². The molecule has 17 heteroatoms. The number of amides is 1. The second kappa shape index (κ2) is 20.4. The summed E-state index contributed by atoms with van der Waals surface area (Å²) >= 11 is 5.53. The van der Waals surface area contributed by atoms with Crippen molar-refractivity contribution in [2.75, 3.05) is 32.8 Å². The normalized spacial score (nSPS) is 30.2. The second-order valence-electron chi connectivity index (χ2n) is 16.2. The minimum atomic E-state index is -1.31. The molecule has 5 N–H and O–H groups in total. The largest absolute Gasteiger partial charge is 0.508 e. The molecule has 2 aromatic heterocycles. The third kappa shape index (κ3) is 10.4. The van der Waals surface area contributed by atoms with Crippen molar-refractivity contribution in [1.29, 1.82) is 0 Å². The van der Waals surface area contributed by atoms with Gasteiger partial charge in [-0.3, -0.25) is 19.9 Å². The Hall–Kier alpha value is -4.79. The number of benzene rings is 1. The lowest BCUT2D eigenvalue weighted by Crippen LogP contribution is -2.55. The minimum absolute atomic E-state index is 0.0847. The van der Waals surface area contributed by atoms with Crippen LogP contribution in [-0.2, 0) is 53.9 Å². The molecule has 63 heavy (non-hydrogen) atoms. The number of H-pyrrole nitrogens is 1. The van der Waals surface area contributed by atoms with Gasteiger partial charge in [0.1, 0.15) is 18.0 Å². The molecule has 4 aliphatic rings. The number of phenols is 1. The number of rotatable bonds is 12. The quantitative estimate of drug-likeness (QED) is 0.0992. The number of aliphatic hydroxyl groups excluding tert-OH is 1. The molecular formula is C46H52N4O11S2. The summed E-state index contributed by atoms with van der Waals surface area (Å²) in [6.45, 7) is 6.16. The average Bonchev–Trinajstić information content (AvgIpc) is 3.62. The lowest BCUT2D eigenvalue weighted by atomic mass is 9.83. The monoisotopic (exact) mass is 900 g/mol. The summed E-state index contributed by atoms with van der Waals surface area (Å²) < 4.78 is 37.4. The summed E-state index contributed by atoms with van der Waals surface area (Å²) in [5.74, 6) is 9.99. The topological polar surface area (TPSA) is 200 Å². The average molecular weight is 901 g/mol. The molecule has 1 amide bonds. The van der Waals surface area contributed by atoms with E-state index in [-0.39, 0.29) is 60.4 Å². The highest BCUT2D eigenvalue weighted by Gasteiger charge is 2.47. The van der Waals surface area contributed by atoms with Gasteiger partial charge in [0.15, 0.2) is 24.1 Å². The number of hydrogen-bond donors (Lipinski definition) is 5. The van der Waals surface area contributed by atoms with Gasteiger partial charge in [0.05, 0.1) is 66.7 Å². The van der Waals surface area contributed by atoms with Crippen molar-refractivity contribution < 1.29 is 53.0 Å². The smallest absolute Gasteiger partial charge is 0.411 e. The van der Waals surface area contributed by atoms with Crippen LogP contribution in [0.3, 0.4) is 0 Å². The highest BCUT2D eigenvalue weighted by molar-refractivity contribution is 8.28. The molecular weight excluding hydrogens is 849 g/mol. The van der Waals surface area contributed by atoms with Crippen molar-refractivity contribution in [2.45, 2.75) is 95.2 Å². The Balaban J connectivity index is 1.28. The van der Waals surface area contributed by atoms with Crippen LogP contribution in [-0.4, -0.2) is 126 Å². The van der Waals surface area contributed by atoms with Crippen LogP contribution in [0.15, 0.2) is 65.7 Å². The number of pyridine rings is 1. The Morgan fingerprint density at radius 2 is 1.92 bits per heavy atom. The summed E-state index contributed by atoms with van der Waals surface area (Å²) in [4.78, 5) is 49.0. The lowest BCUT2D eigenvalue weighted by Gasteiger charge is -2.44. The number of aromatic nitrogens is 2. The predicted molar refractivity (Wildman–Crippen MR) is 239 cm³/mol. The predicted octanol–water partition coefficient (Wildman–Crippen LogP) is 4.03. The standard InChI is InChI=1S/C46H52N4O11S2/c1-24(2)48-34-23-58-40(20-38(34)56-4)60-39-18-29(44(54)32-22-47-21-31-30-17-26(51)13-14-33(30)49-42(31)32)25(3)59-45(39)61-37-12-10-8-7-9-11-28-41(37)27(15-16-63(6)62)35(52)19-36(53)43(28)50-46(55)57-5/h7-8,13-15,17,21-22,24-25,29,34-35,37-41,45,48-49,51-52H,16,18-20,23H2,1-6H3,(H,50,55)/b8-7-,27-15-/t25?,29?,34?,35-,37-,38?,39?,40?,41?,45?,63?/m0/s1. The van der Waals surface area contributed by atoms with Gasteiger partial charge in [-0.05, 0) is 55.5 Å². The first kappa shape index (κ1) is 46.2. The van der Waals surface area contributed by atoms with Gasteiger partial charge in [0, 0.05) is 66.0 Å². The third-order valence-electron chi connectivity index (χ3n) is 11.5. The van der Waals surface area contributed by atoms with Gasteiger partial charge in [-0.2, -0.15) is 0 Å². The summed E-state index contributed by atoms with van der Waals surface area (Å²) in [6, 6.07) is 5.02. The molecule has 0 bridgehead atoms. The van der Waals surface area contributed by atoms with E-state index in [0.717, 1.165) is 10.9 Å².